The first-order valence-electron chi connectivity index (χ1n) is 9.43. The van der Waals surface area contributed by atoms with Crippen LogP contribution in [0, 0.1) is 0 Å². The number of hydrogen-bond acceptors (Lipinski definition) is 4. The van der Waals surface area contributed by atoms with Crippen molar-refractivity contribution in [3.05, 3.63) is 70.1 Å². The van der Waals surface area contributed by atoms with E-state index in [2.05, 4.69) is 5.10 Å². The van der Waals surface area contributed by atoms with E-state index >= 15 is 0 Å². The number of fused-ring (bicyclic) bond motifs is 1. The van der Waals surface area contributed by atoms with E-state index in [-0.39, 0.29) is 17.2 Å². The zero-order valence-corrected chi connectivity index (χ0v) is 16.2. The van der Waals surface area contributed by atoms with Crippen LogP contribution in [-0.2, 0) is 13.2 Å². The summed E-state index contributed by atoms with van der Waals surface area (Å²) in [5.74, 6) is -0.270. The highest BCUT2D eigenvalue weighted by Gasteiger charge is 2.30. The number of rotatable bonds is 2. The number of piperazine rings is 1. The molecule has 0 atom stereocenters. The van der Waals surface area contributed by atoms with Crippen molar-refractivity contribution < 1.29 is 18.0 Å². The molecule has 1 aliphatic rings. The maximum Gasteiger partial charge on any atom is 0.416 e. The van der Waals surface area contributed by atoms with Gasteiger partial charge in [-0.1, -0.05) is 18.2 Å². The number of nitrogens with zero attached hydrogens (tertiary/aromatic N) is 4. The third kappa shape index (κ3) is 3.62. The molecule has 2 aromatic carbocycles. The van der Waals surface area contributed by atoms with Gasteiger partial charge < -0.3 is 9.80 Å². The van der Waals surface area contributed by atoms with E-state index in [0.29, 0.717) is 42.6 Å². The molecule has 9 heteroatoms. The Kier molecular flexibility index (Phi) is 4.97. The number of halogens is 3. The molecule has 2 heterocycles. The van der Waals surface area contributed by atoms with Gasteiger partial charge in [-0.05, 0) is 30.3 Å². The van der Waals surface area contributed by atoms with Crippen molar-refractivity contribution in [3.8, 4) is 0 Å². The third-order valence-electron chi connectivity index (χ3n) is 5.29. The van der Waals surface area contributed by atoms with E-state index < -0.39 is 11.7 Å². The van der Waals surface area contributed by atoms with Gasteiger partial charge in [0.2, 0.25) is 0 Å². The van der Waals surface area contributed by atoms with Crippen molar-refractivity contribution in [2.24, 2.45) is 7.05 Å². The Bertz CT molecular complexity index is 1150. The first-order valence-corrected chi connectivity index (χ1v) is 9.43. The number of carbonyl (C=O) groups is 1. The summed E-state index contributed by atoms with van der Waals surface area (Å²) in [6.07, 6.45) is -4.37. The van der Waals surface area contributed by atoms with Gasteiger partial charge in [0.1, 0.15) is 0 Å². The molecule has 0 spiro atoms. The monoisotopic (exact) mass is 416 g/mol. The van der Waals surface area contributed by atoms with Gasteiger partial charge in [0.25, 0.3) is 11.5 Å². The molecule has 1 aliphatic heterocycles. The number of amides is 1. The van der Waals surface area contributed by atoms with E-state index in [0.717, 1.165) is 16.8 Å². The quantitative estimate of drug-likeness (QED) is 0.645. The predicted octanol–water partition coefficient (Wildman–Crippen LogP) is 2.91. The van der Waals surface area contributed by atoms with Crippen LogP contribution in [0.15, 0.2) is 53.3 Å². The maximum atomic E-state index is 13.1. The molecule has 3 aromatic rings. The topological polar surface area (TPSA) is 58.4 Å². The second-order valence-corrected chi connectivity index (χ2v) is 7.15. The minimum atomic E-state index is -4.37. The summed E-state index contributed by atoms with van der Waals surface area (Å²) in [5, 5.41) is 5.12. The average Bonchev–Trinajstić information content (AvgIpc) is 2.75. The van der Waals surface area contributed by atoms with Crippen LogP contribution in [0.1, 0.15) is 16.1 Å². The van der Waals surface area contributed by atoms with Crippen molar-refractivity contribution in [1.29, 1.82) is 0 Å². The molecule has 0 saturated carbocycles. The highest BCUT2D eigenvalue weighted by atomic mass is 19.4. The van der Waals surface area contributed by atoms with Crippen molar-refractivity contribution in [3.63, 3.8) is 0 Å². The molecule has 30 heavy (non-hydrogen) atoms. The molecule has 156 valence electrons. The van der Waals surface area contributed by atoms with Crippen molar-refractivity contribution >= 4 is 22.4 Å². The number of alkyl halides is 3. The lowest BCUT2D eigenvalue weighted by atomic mass is 10.1. The first-order chi connectivity index (χ1) is 14.3. The largest absolute Gasteiger partial charge is 0.416 e. The lowest BCUT2D eigenvalue weighted by molar-refractivity contribution is -0.137. The summed E-state index contributed by atoms with van der Waals surface area (Å²) < 4.78 is 39.4. The smallest absolute Gasteiger partial charge is 0.368 e. The average molecular weight is 416 g/mol. The second kappa shape index (κ2) is 7.47. The number of hydrogen-bond donors (Lipinski definition) is 0. The maximum absolute atomic E-state index is 13.1. The SMILES string of the molecule is Cn1nc(C(=O)N2CCN(c3ccc(C(F)(F)F)cc3)CC2)c2ccccc2c1=O. The van der Waals surface area contributed by atoms with E-state index in [1.807, 2.05) is 4.90 Å². The highest BCUT2D eigenvalue weighted by Crippen LogP contribution is 2.30. The standard InChI is InChI=1S/C21H19F3N4O2/c1-26-19(29)17-5-3-2-4-16(17)18(25-26)20(30)28-12-10-27(11-13-28)15-8-6-14(7-9-15)21(22,23)24/h2-9H,10-13H2,1H3. The Morgan fingerprint density at radius 2 is 1.53 bits per heavy atom. The summed E-state index contributed by atoms with van der Waals surface area (Å²) >= 11 is 0. The fraction of sp³-hybridized carbons (Fsp3) is 0.286. The minimum absolute atomic E-state index is 0.218. The molecule has 0 N–H and O–H groups in total. The Hall–Kier alpha value is -3.36. The van der Waals surface area contributed by atoms with Crippen LogP contribution in [0.4, 0.5) is 18.9 Å². The second-order valence-electron chi connectivity index (χ2n) is 7.15. The molecule has 1 saturated heterocycles. The fourth-order valence-corrected chi connectivity index (χ4v) is 3.64. The van der Waals surface area contributed by atoms with E-state index in [1.54, 1.807) is 29.2 Å². The summed E-state index contributed by atoms with van der Waals surface area (Å²) in [7, 11) is 1.51. The number of aromatic nitrogens is 2. The molecule has 1 amide bonds. The molecule has 1 aromatic heterocycles. The summed E-state index contributed by atoms with van der Waals surface area (Å²) in [4.78, 5) is 28.9. The van der Waals surface area contributed by atoms with Crippen LogP contribution in [0.2, 0.25) is 0 Å². The first kappa shape index (κ1) is 19.9. The normalized spacial score (nSPS) is 14.9. The molecule has 6 nitrogen and oxygen atoms in total. The zero-order chi connectivity index (χ0) is 21.5. The van der Waals surface area contributed by atoms with E-state index in [1.165, 1.54) is 19.2 Å². The van der Waals surface area contributed by atoms with Gasteiger partial charge in [0, 0.05) is 44.3 Å². The summed E-state index contributed by atoms with van der Waals surface area (Å²) in [6, 6.07) is 11.9. The van der Waals surface area contributed by atoms with Gasteiger partial charge in [0.15, 0.2) is 5.69 Å². The van der Waals surface area contributed by atoms with Crippen LogP contribution in [0.3, 0.4) is 0 Å². The minimum Gasteiger partial charge on any atom is -0.368 e. The van der Waals surface area contributed by atoms with Gasteiger partial charge in [-0.15, -0.1) is 0 Å². The van der Waals surface area contributed by atoms with Crippen molar-refractivity contribution in [2.75, 3.05) is 31.1 Å². The van der Waals surface area contributed by atoms with Crippen LogP contribution in [0.5, 0.6) is 0 Å². The van der Waals surface area contributed by atoms with Crippen LogP contribution >= 0.6 is 0 Å². The predicted molar refractivity (Wildman–Crippen MR) is 107 cm³/mol. The molecule has 0 unspecified atom stereocenters. The molecule has 0 aliphatic carbocycles. The van der Waals surface area contributed by atoms with Gasteiger partial charge >= 0.3 is 6.18 Å². The molecular formula is C21H19F3N4O2. The van der Waals surface area contributed by atoms with E-state index in [4.69, 9.17) is 0 Å². The zero-order valence-electron chi connectivity index (χ0n) is 16.2. The highest BCUT2D eigenvalue weighted by molar-refractivity contribution is 6.04. The van der Waals surface area contributed by atoms with Crippen molar-refractivity contribution in [1.82, 2.24) is 14.7 Å². The molecule has 1 fully saturated rings. The fourth-order valence-electron chi connectivity index (χ4n) is 3.64. The van der Waals surface area contributed by atoms with Crippen LogP contribution in [0.25, 0.3) is 10.8 Å². The van der Waals surface area contributed by atoms with Gasteiger partial charge in [-0.25, -0.2) is 4.68 Å². The number of aryl methyl sites for hydroxylation is 1. The molecule has 0 radical (unpaired) electrons. The summed E-state index contributed by atoms with van der Waals surface area (Å²) in [6.45, 7) is 1.78. The number of benzene rings is 2. The Morgan fingerprint density at radius 3 is 2.13 bits per heavy atom. The number of carbonyl (C=O) groups excluding carboxylic acids is 1. The summed E-state index contributed by atoms with van der Waals surface area (Å²) in [5.41, 5.74) is -0.0570. The Labute approximate surface area is 170 Å². The van der Waals surface area contributed by atoms with Gasteiger partial charge in [-0.3, -0.25) is 9.59 Å². The Morgan fingerprint density at radius 1 is 0.933 bits per heavy atom. The van der Waals surface area contributed by atoms with Crippen molar-refractivity contribution in [2.45, 2.75) is 6.18 Å². The van der Waals surface area contributed by atoms with E-state index in [9.17, 15) is 22.8 Å². The third-order valence-corrected chi connectivity index (χ3v) is 5.29. The molecule has 4 rings (SSSR count). The molecular weight excluding hydrogens is 397 g/mol. The van der Waals surface area contributed by atoms with Crippen LogP contribution in [-0.4, -0.2) is 46.8 Å². The van der Waals surface area contributed by atoms with Gasteiger partial charge in [-0.2, -0.15) is 18.3 Å². The van der Waals surface area contributed by atoms with Crippen LogP contribution < -0.4 is 10.5 Å². The number of anilines is 1. The molecule has 0 bridgehead atoms. The van der Waals surface area contributed by atoms with Gasteiger partial charge in [0.05, 0.1) is 10.9 Å². The lowest BCUT2D eigenvalue weighted by Gasteiger charge is -2.36. The lowest BCUT2D eigenvalue weighted by Crippen LogP contribution is -2.49. The Balaban J connectivity index is 1.51.